The number of nitrogens with one attached hydrogen (secondary N) is 4. The molecule has 178 valence electrons. The molecule has 6 rings (SSSR count). The molecule has 2 aromatic rings. The zero-order valence-electron chi connectivity index (χ0n) is 19.4. The molecule has 2 aromatic carbocycles. The van der Waals surface area contributed by atoms with Crippen molar-refractivity contribution in [1.82, 2.24) is 10.6 Å². The SMILES string of the molecule is CCOC(=O)[C@@H]1C[C@@]2([C@@]34C[C@@H](C(=O)OCC)N[C@@H]3Nc3ccccc34)c3ccccc3N[C@H]2N1. The van der Waals surface area contributed by atoms with Gasteiger partial charge in [-0.25, -0.2) is 0 Å². The van der Waals surface area contributed by atoms with Gasteiger partial charge in [0.05, 0.1) is 25.5 Å². The second-order valence-corrected chi connectivity index (χ2v) is 9.54. The van der Waals surface area contributed by atoms with Crippen molar-refractivity contribution >= 4 is 23.3 Å². The molecule has 0 amide bonds. The number of anilines is 2. The first-order chi connectivity index (χ1) is 16.5. The molecule has 4 aliphatic heterocycles. The van der Waals surface area contributed by atoms with E-state index < -0.39 is 22.9 Å². The van der Waals surface area contributed by atoms with Gasteiger partial charge >= 0.3 is 11.9 Å². The number of fused-ring (bicyclic) bond motifs is 7. The normalized spacial score (nSPS) is 34.3. The van der Waals surface area contributed by atoms with Crippen molar-refractivity contribution in [3.63, 3.8) is 0 Å². The highest BCUT2D eigenvalue weighted by molar-refractivity contribution is 5.82. The van der Waals surface area contributed by atoms with Crippen LogP contribution < -0.4 is 21.3 Å². The van der Waals surface area contributed by atoms with Crippen LogP contribution in [0.25, 0.3) is 0 Å². The average Bonchev–Trinajstić information content (AvgIpc) is 3.54. The Morgan fingerprint density at radius 2 is 1.18 bits per heavy atom. The summed E-state index contributed by atoms with van der Waals surface area (Å²) in [5.41, 5.74) is 3.43. The molecule has 4 aliphatic rings. The van der Waals surface area contributed by atoms with Crippen molar-refractivity contribution in [2.24, 2.45) is 0 Å². The third kappa shape index (κ3) is 2.66. The Hall–Kier alpha value is -3.10. The maximum Gasteiger partial charge on any atom is 0.323 e. The molecule has 0 aliphatic carbocycles. The van der Waals surface area contributed by atoms with Crippen molar-refractivity contribution in [2.75, 3.05) is 23.8 Å². The first-order valence-corrected chi connectivity index (χ1v) is 12.1. The first kappa shape index (κ1) is 21.4. The molecule has 0 aromatic heterocycles. The van der Waals surface area contributed by atoms with E-state index in [1.807, 2.05) is 38.1 Å². The predicted octanol–water partition coefficient (Wildman–Crippen LogP) is 2.22. The minimum absolute atomic E-state index is 0.197. The Morgan fingerprint density at radius 3 is 1.59 bits per heavy atom. The second kappa shape index (κ2) is 7.71. The van der Waals surface area contributed by atoms with E-state index in [9.17, 15) is 9.59 Å². The summed E-state index contributed by atoms with van der Waals surface area (Å²) >= 11 is 0. The first-order valence-electron chi connectivity index (χ1n) is 12.1. The van der Waals surface area contributed by atoms with Crippen LogP contribution in [0.2, 0.25) is 0 Å². The minimum atomic E-state index is -0.500. The van der Waals surface area contributed by atoms with Crippen molar-refractivity contribution in [3.05, 3.63) is 59.7 Å². The fraction of sp³-hybridized carbons (Fsp3) is 0.462. The van der Waals surface area contributed by atoms with Crippen LogP contribution in [0, 0.1) is 0 Å². The van der Waals surface area contributed by atoms with E-state index in [4.69, 9.17) is 9.47 Å². The molecule has 0 saturated carbocycles. The topological polar surface area (TPSA) is 101 Å². The second-order valence-electron chi connectivity index (χ2n) is 9.54. The molecular weight excluding hydrogens is 432 g/mol. The number of hydrogen-bond acceptors (Lipinski definition) is 8. The van der Waals surface area contributed by atoms with Gasteiger partial charge in [0.25, 0.3) is 0 Å². The highest BCUT2D eigenvalue weighted by Gasteiger charge is 2.72. The van der Waals surface area contributed by atoms with Crippen molar-refractivity contribution in [1.29, 1.82) is 0 Å². The zero-order chi connectivity index (χ0) is 23.5. The quantitative estimate of drug-likeness (QED) is 0.502. The maximum atomic E-state index is 12.9. The van der Waals surface area contributed by atoms with E-state index in [1.54, 1.807) is 0 Å². The molecule has 8 nitrogen and oxygen atoms in total. The predicted molar refractivity (Wildman–Crippen MR) is 127 cm³/mol. The third-order valence-corrected chi connectivity index (χ3v) is 8.13. The smallest absolute Gasteiger partial charge is 0.323 e. The molecule has 0 spiro atoms. The van der Waals surface area contributed by atoms with E-state index in [1.165, 1.54) is 0 Å². The monoisotopic (exact) mass is 462 g/mol. The highest BCUT2D eigenvalue weighted by atomic mass is 16.5. The summed E-state index contributed by atoms with van der Waals surface area (Å²) in [6.45, 7) is 4.33. The van der Waals surface area contributed by atoms with Crippen molar-refractivity contribution < 1.29 is 19.1 Å². The lowest BCUT2D eigenvalue weighted by Crippen LogP contribution is -2.59. The van der Waals surface area contributed by atoms with Gasteiger partial charge in [-0.1, -0.05) is 36.4 Å². The summed E-state index contributed by atoms with van der Waals surface area (Å²) in [5, 5.41) is 14.4. The zero-order valence-corrected chi connectivity index (χ0v) is 19.4. The summed E-state index contributed by atoms with van der Waals surface area (Å²) in [7, 11) is 0. The minimum Gasteiger partial charge on any atom is -0.465 e. The fourth-order valence-corrected chi connectivity index (χ4v) is 7.00. The van der Waals surface area contributed by atoms with Crippen LogP contribution in [0.3, 0.4) is 0 Å². The van der Waals surface area contributed by atoms with E-state index in [-0.39, 0.29) is 24.3 Å². The average molecular weight is 463 g/mol. The van der Waals surface area contributed by atoms with Gasteiger partial charge in [0.2, 0.25) is 0 Å². The summed E-state index contributed by atoms with van der Waals surface area (Å²) < 4.78 is 10.8. The van der Waals surface area contributed by atoms with Crippen molar-refractivity contribution in [3.8, 4) is 0 Å². The number of hydrogen-bond donors (Lipinski definition) is 4. The lowest BCUT2D eigenvalue weighted by atomic mass is 9.54. The lowest BCUT2D eigenvalue weighted by molar-refractivity contribution is -0.146. The van der Waals surface area contributed by atoms with Gasteiger partial charge in [-0.05, 0) is 49.9 Å². The molecule has 6 atom stereocenters. The van der Waals surface area contributed by atoms with Crippen LogP contribution in [-0.2, 0) is 29.9 Å². The van der Waals surface area contributed by atoms with E-state index in [0.29, 0.717) is 26.1 Å². The van der Waals surface area contributed by atoms with Crippen LogP contribution in [-0.4, -0.2) is 49.6 Å². The highest BCUT2D eigenvalue weighted by Crippen LogP contribution is 2.65. The van der Waals surface area contributed by atoms with Gasteiger partial charge in [0.1, 0.15) is 12.1 Å². The summed E-state index contributed by atoms with van der Waals surface area (Å²) in [6.07, 6.45) is 0.726. The molecule has 8 heteroatoms. The van der Waals surface area contributed by atoms with E-state index in [2.05, 4.69) is 45.5 Å². The summed E-state index contributed by atoms with van der Waals surface area (Å²) in [5.74, 6) is -0.480. The molecule has 2 fully saturated rings. The van der Waals surface area contributed by atoms with Crippen LogP contribution in [0.5, 0.6) is 0 Å². The molecule has 0 radical (unpaired) electrons. The molecule has 4 N–H and O–H groups in total. The standard InChI is InChI=1S/C26H30N4O4/c1-3-33-21(31)19-13-25(15-9-5-7-11-17(15)27-23(25)29-19)26-14-20(22(32)34-4-2)30-24(26)28-18-12-8-6-10-16(18)26/h5-12,19-20,23-24,27-30H,3-4,13-14H2,1-2H3/t19-,20-,23-,24-,25+,26+/m0/s1. The van der Waals surface area contributed by atoms with Gasteiger partial charge in [0, 0.05) is 22.2 Å². The number of rotatable bonds is 5. The summed E-state index contributed by atoms with van der Waals surface area (Å²) in [4.78, 5) is 25.8. The molecule has 0 unspecified atom stereocenters. The molecule has 4 heterocycles. The van der Waals surface area contributed by atoms with Crippen LogP contribution in [0.1, 0.15) is 37.8 Å². The number of carbonyl (C=O) groups excluding carboxylic acids is 2. The number of carbonyl (C=O) groups is 2. The fourth-order valence-electron chi connectivity index (χ4n) is 7.00. The number of esters is 2. The lowest BCUT2D eigenvalue weighted by Gasteiger charge is -2.47. The van der Waals surface area contributed by atoms with Gasteiger partial charge in [0.15, 0.2) is 0 Å². The molecule has 34 heavy (non-hydrogen) atoms. The van der Waals surface area contributed by atoms with Crippen LogP contribution in [0.15, 0.2) is 48.5 Å². The Morgan fingerprint density at radius 1 is 0.765 bits per heavy atom. The Balaban J connectivity index is 1.55. The third-order valence-electron chi connectivity index (χ3n) is 8.13. The maximum absolute atomic E-state index is 12.9. The number of ether oxygens (including phenoxy) is 2. The molecule has 2 saturated heterocycles. The van der Waals surface area contributed by atoms with Gasteiger partial charge in [-0.2, -0.15) is 0 Å². The van der Waals surface area contributed by atoms with Crippen molar-refractivity contribution in [2.45, 2.75) is 61.9 Å². The molecule has 0 bridgehead atoms. The van der Waals surface area contributed by atoms with E-state index in [0.717, 1.165) is 22.5 Å². The van der Waals surface area contributed by atoms with E-state index >= 15 is 0 Å². The van der Waals surface area contributed by atoms with Gasteiger partial charge in [-0.15, -0.1) is 0 Å². The van der Waals surface area contributed by atoms with Gasteiger partial charge < -0.3 is 20.1 Å². The Labute approximate surface area is 198 Å². The Bertz CT molecular complexity index is 1070. The largest absolute Gasteiger partial charge is 0.465 e. The Kier molecular flexibility index (Phi) is 4.86. The summed E-state index contributed by atoms with van der Waals surface area (Å²) in [6, 6.07) is 15.7. The molecular formula is C26H30N4O4. The van der Waals surface area contributed by atoms with Gasteiger partial charge in [-0.3, -0.25) is 20.2 Å². The van der Waals surface area contributed by atoms with Crippen LogP contribution in [0.4, 0.5) is 11.4 Å². The van der Waals surface area contributed by atoms with Crippen LogP contribution >= 0.6 is 0 Å². The number of benzene rings is 2. The number of para-hydroxylation sites is 2.